The number of nitrogens with one attached hydrogen (secondary N) is 1. The quantitative estimate of drug-likeness (QED) is 0.529. The van der Waals surface area contributed by atoms with Gasteiger partial charge in [0.2, 0.25) is 20.1 Å². The smallest absolute Gasteiger partial charge is 0.406 e. The average Bonchev–Trinajstić information content (AvgIpc) is 3.21. The minimum Gasteiger partial charge on any atom is -0.406 e. The largest absolute Gasteiger partial charge is 0.573 e. The molecule has 1 aliphatic heterocycles. The van der Waals surface area contributed by atoms with E-state index in [0.717, 1.165) is 41.7 Å². The monoisotopic (exact) mass is 518 g/mol. The Bertz CT molecular complexity index is 1380. The number of aromatic nitrogens is 3. The van der Waals surface area contributed by atoms with Crippen molar-refractivity contribution in [1.82, 2.24) is 24.2 Å². The number of hydrogen-bond acceptors (Lipinski definition) is 9. The van der Waals surface area contributed by atoms with Gasteiger partial charge in [0.25, 0.3) is 11.5 Å². The van der Waals surface area contributed by atoms with Gasteiger partial charge in [-0.2, -0.15) is 13.8 Å². The van der Waals surface area contributed by atoms with E-state index in [0.29, 0.717) is 5.13 Å². The second-order valence-electron chi connectivity index (χ2n) is 7.05. The van der Waals surface area contributed by atoms with E-state index >= 15 is 0 Å². The lowest BCUT2D eigenvalue weighted by atomic mass is 10.3. The molecular formula is C18H17F3N6O5S2. The molecule has 182 valence electrons. The van der Waals surface area contributed by atoms with Crippen molar-refractivity contribution in [3.8, 4) is 5.75 Å². The van der Waals surface area contributed by atoms with Crippen LogP contribution in [0.25, 0.3) is 4.96 Å². The molecule has 34 heavy (non-hydrogen) atoms. The Morgan fingerprint density at radius 1 is 1.15 bits per heavy atom. The van der Waals surface area contributed by atoms with Crippen molar-refractivity contribution in [1.29, 1.82) is 0 Å². The molecule has 3 aromatic rings. The molecule has 1 aliphatic rings. The first-order valence-corrected chi connectivity index (χ1v) is 12.0. The molecule has 0 radical (unpaired) electrons. The fourth-order valence-electron chi connectivity index (χ4n) is 3.31. The zero-order valence-electron chi connectivity index (χ0n) is 17.4. The van der Waals surface area contributed by atoms with Crippen LogP contribution in [-0.2, 0) is 10.0 Å². The van der Waals surface area contributed by atoms with Crippen LogP contribution in [0.4, 0.5) is 18.3 Å². The summed E-state index contributed by atoms with van der Waals surface area (Å²) in [6.45, 7) is 0.696. The Hall–Kier alpha value is -3.24. The number of anilines is 1. The lowest BCUT2D eigenvalue weighted by molar-refractivity contribution is -0.274. The number of rotatable bonds is 5. The van der Waals surface area contributed by atoms with E-state index in [1.54, 1.807) is 4.90 Å². The van der Waals surface area contributed by atoms with Crippen molar-refractivity contribution in [3.05, 3.63) is 46.4 Å². The summed E-state index contributed by atoms with van der Waals surface area (Å²) in [6, 6.07) is 5.07. The van der Waals surface area contributed by atoms with Crippen molar-refractivity contribution < 1.29 is 31.1 Å². The third-order valence-electron chi connectivity index (χ3n) is 4.91. The third kappa shape index (κ3) is 4.83. The molecule has 2 aromatic heterocycles. The average molecular weight is 518 g/mol. The maximum atomic E-state index is 12.9. The highest BCUT2D eigenvalue weighted by molar-refractivity contribution is 7.89. The van der Waals surface area contributed by atoms with Gasteiger partial charge in [-0.05, 0) is 24.3 Å². The van der Waals surface area contributed by atoms with E-state index < -0.39 is 33.6 Å². The van der Waals surface area contributed by atoms with E-state index in [9.17, 15) is 31.2 Å². The summed E-state index contributed by atoms with van der Waals surface area (Å²) in [4.78, 5) is 29.6. The number of benzene rings is 1. The first-order chi connectivity index (χ1) is 16.0. The van der Waals surface area contributed by atoms with Gasteiger partial charge in [0.05, 0.1) is 4.90 Å². The number of hydrogen-bond donors (Lipinski definition) is 1. The van der Waals surface area contributed by atoms with Gasteiger partial charge in [-0.3, -0.25) is 9.59 Å². The fourth-order valence-corrected chi connectivity index (χ4v) is 5.69. The molecule has 0 spiro atoms. The summed E-state index contributed by atoms with van der Waals surface area (Å²) in [5.74, 6) is -1.02. The summed E-state index contributed by atoms with van der Waals surface area (Å²) in [5, 5.41) is 7.24. The Labute approximate surface area is 194 Å². The van der Waals surface area contributed by atoms with Crippen molar-refractivity contribution in [2.24, 2.45) is 0 Å². The molecule has 16 heteroatoms. The second-order valence-corrected chi connectivity index (χ2v) is 9.92. The molecule has 0 unspecified atom stereocenters. The Morgan fingerprint density at radius 2 is 1.79 bits per heavy atom. The lowest BCUT2D eigenvalue weighted by Crippen LogP contribution is -2.48. The van der Waals surface area contributed by atoms with Crippen LogP contribution in [0, 0.1) is 0 Å². The number of carbonyl (C=O) groups excluding carboxylic acids is 1. The molecule has 1 amide bonds. The summed E-state index contributed by atoms with van der Waals surface area (Å²) < 4.78 is 69.0. The van der Waals surface area contributed by atoms with Crippen molar-refractivity contribution in [2.75, 3.05) is 38.1 Å². The summed E-state index contributed by atoms with van der Waals surface area (Å²) in [6.07, 6.45) is -4.87. The van der Waals surface area contributed by atoms with E-state index in [1.165, 1.54) is 15.9 Å². The minimum absolute atomic E-state index is 0.0270. The highest BCUT2D eigenvalue weighted by atomic mass is 32.2. The fraction of sp³-hybridized carbons (Fsp3) is 0.333. The SMILES string of the molecule is CNC(=O)c1cc(=O)nc2sc(N3CCN(S(=O)(=O)c4ccc(OC(F)(F)F)cc4)CC3)nn12. The van der Waals surface area contributed by atoms with Crippen LogP contribution in [-0.4, -0.2) is 72.8 Å². The Morgan fingerprint density at radius 3 is 2.38 bits per heavy atom. The van der Waals surface area contributed by atoms with E-state index in [4.69, 9.17) is 0 Å². The third-order valence-corrected chi connectivity index (χ3v) is 7.79. The number of nitrogens with zero attached hydrogens (tertiary/aromatic N) is 5. The molecule has 0 bridgehead atoms. The van der Waals surface area contributed by atoms with Crippen molar-refractivity contribution >= 4 is 37.4 Å². The van der Waals surface area contributed by atoms with Crippen LogP contribution in [0.1, 0.15) is 10.5 Å². The van der Waals surface area contributed by atoms with Crippen LogP contribution in [0.15, 0.2) is 40.0 Å². The number of ether oxygens (including phenoxy) is 1. The number of piperazine rings is 1. The number of fused-ring (bicyclic) bond motifs is 1. The van der Waals surface area contributed by atoms with Crippen LogP contribution in [0.2, 0.25) is 0 Å². The maximum Gasteiger partial charge on any atom is 0.573 e. The van der Waals surface area contributed by atoms with E-state index in [1.807, 2.05) is 0 Å². The molecule has 3 heterocycles. The molecule has 11 nitrogen and oxygen atoms in total. The van der Waals surface area contributed by atoms with Gasteiger partial charge in [0.15, 0.2) is 0 Å². The predicted octanol–water partition coefficient (Wildman–Crippen LogP) is 0.920. The maximum absolute atomic E-state index is 12.9. The molecule has 1 aromatic carbocycles. The summed E-state index contributed by atoms with van der Waals surface area (Å²) in [5.41, 5.74) is -0.560. The Kier molecular flexibility index (Phi) is 6.22. The number of alkyl halides is 3. The number of sulfonamides is 1. The number of halogens is 3. The molecule has 4 rings (SSSR count). The Balaban J connectivity index is 1.49. The van der Waals surface area contributed by atoms with Gasteiger partial charge in [0, 0.05) is 39.3 Å². The van der Waals surface area contributed by atoms with Gasteiger partial charge in [0.1, 0.15) is 11.4 Å². The molecular weight excluding hydrogens is 501 g/mol. The second kappa shape index (κ2) is 8.84. The number of carbonyl (C=O) groups is 1. The van der Waals surface area contributed by atoms with Crippen molar-refractivity contribution in [3.63, 3.8) is 0 Å². The van der Waals surface area contributed by atoms with Crippen LogP contribution < -0.4 is 20.5 Å². The first-order valence-electron chi connectivity index (χ1n) is 9.72. The van der Waals surface area contributed by atoms with Gasteiger partial charge >= 0.3 is 6.36 Å². The van der Waals surface area contributed by atoms with E-state index in [-0.39, 0.29) is 41.7 Å². The van der Waals surface area contributed by atoms with Gasteiger partial charge in [-0.15, -0.1) is 18.3 Å². The van der Waals surface area contributed by atoms with Gasteiger partial charge in [-0.1, -0.05) is 11.3 Å². The van der Waals surface area contributed by atoms with Gasteiger partial charge in [-0.25, -0.2) is 8.42 Å². The minimum atomic E-state index is -4.87. The molecule has 0 aliphatic carbocycles. The topological polar surface area (TPSA) is 126 Å². The van der Waals surface area contributed by atoms with Gasteiger partial charge < -0.3 is 15.0 Å². The molecule has 1 saturated heterocycles. The highest BCUT2D eigenvalue weighted by Gasteiger charge is 2.32. The lowest BCUT2D eigenvalue weighted by Gasteiger charge is -2.33. The predicted molar refractivity (Wildman–Crippen MR) is 115 cm³/mol. The first kappa shape index (κ1) is 23.9. The molecule has 1 N–H and O–H groups in total. The molecule has 0 atom stereocenters. The van der Waals surface area contributed by atoms with Crippen LogP contribution >= 0.6 is 11.3 Å². The summed E-state index contributed by atoms with van der Waals surface area (Å²) >= 11 is 1.08. The number of amides is 1. The highest BCUT2D eigenvalue weighted by Crippen LogP contribution is 2.27. The van der Waals surface area contributed by atoms with Crippen LogP contribution in [0.3, 0.4) is 0 Å². The standard InChI is InChI=1S/C18H17F3N6O5S2/c1-22-15(29)13-10-14(28)23-16-27(13)24-17(33-16)25-6-8-26(9-7-25)34(30,31)12-4-2-11(3-5-12)32-18(19,20)21/h2-5,10H,6-9H2,1H3,(H,22,29). The summed E-state index contributed by atoms with van der Waals surface area (Å²) in [7, 11) is -2.52. The zero-order chi connectivity index (χ0) is 24.7. The normalized spacial score (nSPS) is 15.5. The molecule has 0 saturated carbocycles. The zero-order valence-corrected chi connectivity index (χ0v) is 19.1. The van der Waals surface area contributed by atoms with Crippen molar-refractivity contribution in [2.45, 2.75) is 11.3 Å². The molecule has 1 fully saturated rings. The van der Waals surface area contributed by atoms with E-state index in [2.05, 4.69) is 20.1 Å². The van der Waals surface area contributed by atoms with Crippen LogP contribution in [0.5, 0.6) is 5.75 Å².